The van der Waals surface area contributed by atoms with E-state index in [1.165, 1.54) is 6.07 Å². The Hall–Kier alpha value is -2.20. The van der Waals surface area contributed by atoms with Gasteiger partial charge in [-0.2, -0.15) is 5.26 Å². The Morgan fingerprint density at radius 3 is 3.00 bits per heavy atom. The lowest BCUT2D eigenvalue weighted by Gasteiger charge is -2.09. The summed E-state index contributed by atoms with van der Waals surface area (Å²) in [5, 5.41) is 31.3. The van der Waals surface area contributed by atoms with Gasteiger partial charge in [-0.25, -0.2) is 4.98 Å². The fourth-order valence-electron chi connectivity index (χ4n) is 1.53. The van der Waals surface area contributed by atoms with Gasteiger partial charge in [0, 0.05) is 19.2 Å². The van der Waals surface area contributed by atoms with Crippen molar-refractivity contribution in [2.75, 3.05) is 18.5 Å². The van der Waals surface area contributed by atoms with Gasteiger partial charge in [0.25, 0.3) is 5.69 Å². The number of aliphatic hydroxyl groups is 1. The van der Waals surface area contributed by atoms with Crippen molar-refractivity contribution < 1.29 is 10.0 Å². The molecule has 7 nitrogen and oxygen atoms in total. The Bertz CT molecular complexity index is 484. The van der Waals surface area contributed by atoms with Crippen LogP contribution in [0.15, 0.2) is 12.3 Å². The van der Waals surface area contributed by atoms with Crippen LogP contribution in [-0.2, 0) is 0 Å². The van der Waals surface area contributed by atoms with Crippen LogP contribution in [0.5, 0.6) is 0 Å². The molecule has 1 atom stereocenters. The number of anilines is 1. The van der Waals surface area contributed by atoms with Crippen molar-refractivity contribution in [3.8, 4) is 6.07 Å². The molecule has 19 heavy (non-hydrogen) atoms. The summed E-state index contributed by atoms with van der Waals surface area (Å²) in [5.74, 6) is 0.590. The second-order valence-corrected chi connectivity index (χ2v) is 4.32. The molecule has 0 saturated carbocycles. The molecule has 0 saturated heterocycles. The SMILES string of the molecule is CC(CO)CCCNc1ncc([N+](=O)[O-])cc1C#N. The third-order valence-corrected chi connectivity index (χ3v) is 2.68. The van der Waals surface area contributed by atoms with Crippen LogP contribution in [-0.4, -0.2) is 28.2 Å². The summed E-state index contributed by atoms with van der Waals surface area (Å²) in [4.78, 5) is 13.9. The maximum Gasteiger partial charge on any atom is 0.289 e. The summed E-state index contributed by atoms with van der Waals surface area (Å²) in [6.07, 6.45) is 2.81. The van der Waals surface area contributed by atoms with Gasteiger partial charge < -0.3 is 10.4 Å². The molecule has 2 N–H and O–H groups in total. The Morgan fingerprint density at radius 2 is 2.42 bits per heavy atom. The van der Waals surface area contributed by atoms with Crippen molar-refractivity contribution in [3.05, 3.63) is 27.9 Å². The van der Waals surface area contributed by atoms with E-state index in [0.717, 1.165) is 19.0 Å². The topological polar surface area (TPSA) is 112 Å². The van der Waals surface area contributed by atoms with Gasteiger partial charge in [-0.05, 0) is 18.8 Å². The fraction of sp³-hybridized carbons (Fsp3) is 0.500. The number of nitriles is 1. The van der Waals surface area contributed by atoms with Crippen LogP contribution in [0.2, 0.25) is 0 Å². The zero-order valence-corrected chi connectivity index (χ0v) is 10.7. The number of nitrogens with one attached hydrogen (secondary N) is 1. The molecule has 102 valence electrons. The molecule has 1 unspecified atom stereocenters. The summed E-state index contributed by atoms with van der Waals surface area (Å²) >= 11 is 0. The zero-order chi connectivity index (χ0) is 14.3. The van der Waals surface area contributed by atoms with Crippen molar-refractivity contribution in [1.29, 1.82) is 5.26 Å². The normalized spacial score (nSPS) is 11.6. The molecule has 1 aromatic rings. The number of hydrogen-bond acceptors (Lipinski definition) is 6. The summed E-state index contributed by atoms with van der Waals surface area (Å²) in [5.41, 5.74) is -0.0413. The third kappa shape index (κ3) is 4.52. The molecule has 1 heterocycles. The van der Waals surface area contributed by atoms with E-state index in [-0.39, 0.29) is 23.8 Å². The minimum atomic E-state index is -0.583. The minimum absolute atomic E-state index is 0.152. The summed E-state index contributed by atoms with van der Waals surface area (Å²) in [7, 11) is 0. The number of aromatic nitrogens is 1. The van der Waals surface area contributed by atoms with Crippen LogP contribution in [0.4, 0.5) is 11.5 Å². The van der Waals surface area contributed by atoms with E-state index in [9.17, 15) is 10.1 Å². The van der Waals surface area contributed by atoms with Crippen molar-refractivity contribution in [2.45, 2.75) is 19.8 Å². The van der Waals surface area contributed by atoms with Crippen LogP contribution in [0.1, 0.15) is 25.3 Å². The van der Waals surface area contributed by atoms with E-state index in [0.29, 0.717) is 12.4 Å². The number of aliphatic hydroxyl groups excluding tert-OH is 1. The molecule has 1 aromatic heterocycles. The van der Waals surface area contributed by atoms with E-state index in [1.54, 1.807) is 0 Å². The van der Waals surface area contributed by atoms with E-state index in [2.05, 4.69) is 10.3 Å². The molecule has 0 amide bonds. The van der Waals surface area contributed by atoms with Crippen LogP contribution in [0.3, 0.4) is 0 Å². The fourth-order valence-corrected chi connectivity index (χ4v) is 1.53. The maximum absolute atomic E-state index is 10.6. The first-order chi connectivity index (χ1) is 9.08. The Morgan fingerprint density at radius 1 is 1.68 bits per heavy atom. The largest absolute Gasteiger partial charge is 0.396 e. The van der Waals surface area contributed by atoms with Crippen molar-refractivity contribution >= 4 is 11.5 Å². The highest BCUT2D eigenvalue weighted by atomic mass is 16.6. The number of nitrogens with zero attached hydrogens (tertiary/aromatic N) is 3. The molecule has 0 aliphatic carbocycles. The molecule has 1 rings (SSSR count). The average Bonchev–Trinajstić information content (AvgIpc) is 2.42. The van der Waals surface area contributed by atoms with Gasteiger partial charge in [-0.3, -0.25) is 10.1 Å². The lowest BCUT2D eigenvalue weighted by molar-refractivity contribution is -0.385. The van der Waals surface area contributed by atoms with E-state index < -0.39 is 4.92 Å². The van der Waals surface area contributed by atoms with Crippen LogP contribution >= 0.6 is 0 Å². The number of rotatable bonds is 7. The maximum atomic E-state index is 10.6. The lowest BCUT2D eigenvalue weighted by atomic mass is 10.1. The van der Waals surface area contributed by atoms with Gasteiger partial charge in [0.2, 0.25) is 0 Å². The highest BCUT2D eigenvalue weighted by Crippen LogP contribution is 2.18. The Labute approximate surface area is 111 Å². The molecule has 0 radical (unpaired) electrons. The molecule has 7 heteroatoms. The summed E-state index contributed by atoms with van der Waals surface area (Å²) < 4.78 is 0. The third-order valence-electron chi connectivity index (χ3n) is 2.68. The second kappa shape index (κ2) is 7.28. The summed E-state index contributed by atoms with van der Waals surface area (Å²) in [6, 6.07) is 3.08. The van der Waals surface area contributed by atoms with Crippen molar-refractivity contribution in [1.82, 2.24) is 4.98 Å². The molecule has 0 aromatic carbocycles. The minimum Gasteiger partial charge on any atom is -0.396 e. The molecule has 0 aliphatic heterocycles. The molecule has 0 aliphatic rings. The molecule has 0 spiro atoms. The summed E-state index contributed by atoms with van der Waals surface area (Å²) in [6.45, 7) is 2.70. The predicted octanol–water partition coefficient (Wildman–Crippen LogP) is 1.68. The van der Waals surface area contributed by atoms with E-state index in [1.807, 2.05) is 13.0 Å². The number of pyridine rings is 1. The van der Waals surface area contributed by atoms with Crippen LogP contribution in [0, 0.1) is 27.4 Å². The quantitative estimate of drug-likeness (QED) is 0.440. The Kier molecular flexibility index (Phi) is 5.70. The zero-order valence-electron chi connectivity index (χ0n) is 10.7. The molecule has 0 bridgehead atoms. The van der Waals surface area contributed by atoms with Crippen molar-refractivity contribution in [3.63, 3.8) is 0 Å². The first kappa shape index (κ1) is 14.9. The second-order valence-electron chi connectivity index (χ2n) is 4.32. The van der Waals surface area contributed by atoms with Gasteiger partial charge in [0.15, 0.2) is 0 Å². The highest BCUT2D eigenvalue weighted by Gasteiger charge is 2.11. The molecular weight excluding hydrogens is 248 g/mol. The number of hydrogen-bond donors (Lipinski definition) is 2. The predicted molar refractivity (Wildman–Crippen MR) is 69.6 cm³/mol. The first-order valence-electron chi connectivity index (χ1n) is 5.97. The highest BCUT2D eigenvalue weighted by molar-refractivity contribution is 5.55. The lowest BCUT2D eigenvalue weighted by Crippen LogP contribution is -2.08. The average molecular weight is 264 g/mol. The van der Waals surface area contributed by atoms with E-state index in [4.69, 9.17) is 10.4 Å². The van der Waals surface area contributed by atoms with Gasteiger partial charge in [-0.15, -0.1) is 0 Å². The van der Waals surface area contributed by atoms with Crippen molar-refractivity contribution in [2.24, 2.45) is 5.92 Å². The van der Waals surface area contributed by atoms with Gasteiger partial charge in [-0.1, -0.05) is 6.92 Å². The van der Waals surface area contributed by atoms with Gasteiger partial charge in [0.1, 0.15) is 23.6 Å². The van der Waals surface area contributed by atoms with Gasteiger partial charge in [0.05, 0.1) is 4.92 Å². The standard InChI is InChI=1S/C12H16N4O3/c1-9(8-17)3-2-4-14-12-10(6-13)5-11(7-15-12)16(18)19/h5,7,9,17H,2-4,8H2,1H3,(H,14,15). The molecular formula is C12H16N4O3. The molecule has 0 fully saturated rings. The Balaban J connectivity index is 2.59. The van der Waals surface area contributed by atoms with E-state index >= 15 is 0 Å². The van der Waals surface area contributed by atoms with Gasteiger partial charge >= 0.3 is 0 Å². The van der Waals surface area contributed by atoms with Crippen LogP contribution < -0.4 is 5.32 Å². The number of nitro groups is 1. The van der Waals surface area contributed by atoms with Crippen LogP contribution in [0.25, 0.3) is 0 Å². The monoisotopic (exact) mass is 264 g/mol. The first-order valence-corrected chi connectivity index (χ1v) is 5.97. The smallest absolute Gasteiger partial charge is 0.289 e.